The molecule has 0 amide bonds. The van der Waals surface area contributed by atoms with Gasteiger partial charge in [-0.15, -0.1) is 0 Å². The number of halogens is 3. The maximum absolute atomic E-state index is 6.24. The molecule has 1 heterocycles. The second-order valence-corrected chi connectivity index (χ2v) is 6.61. The van der Waals surface area contributed by atoms with E-state index in [1.807, 2.05) is 45.0 Å². The Labute approximate surface area is 145 Å². The molecule has 0 radical (unpaired) electrons. The van der Waals surface area contributed by atoms with Gasteiger partial charge < -0.3 is 0 Å². The molecule has 1 aromatic heterocycles. The van der Waals surface area contributed by atoms with Crippen molar-refractivity contribution in [2.75, 3.05) is 0 Å². The van der Waals surface area contributed by atoms with Crippen molar-refractivity contribution < 1.29 is 13.1 Å². The van der Waals surface area contributed by atoms with Crippen LogP contribution < -0.4 is 0 Å². The minimum atomic E-state index is 0.194. The Balaban J connectivity index is 0.000000677. The molecule has 0 fully saturated rings. The van der Waals surface area contributed by atoms with Gasteiger partial charge in [0.2, 0.25) is 0 Å². The molecule has 0 N–H and O–H groups in total. The van der Waals surface area contributed by atoms with Gasteiger partial charge in [-0.25, -0.2) is 4.99 Å². The van der Waals surface area contributed by atoms with E-state index in [4.69, 9.17) is 31.8 Å². The molecule has 1 aromatic carbocycles. The molecule has 0 aliphatic carbocycles. The van der Waals surface area contributed by atoms with Crippen molar-refractivity contribution in [2.45, 2.75) is 20.8 Å². The van der Waals surface area contributed by atoms with Crippen LogP contribution in [0.2, 0.25) is 5.02 Å². The first-order valence-electron chi connectivity index (χ1n) is 6.08. The molecule has 114 valence electrons. The Morgan fingerprint density at radius 1 is 1.19 bits per heavy atom. The summed E-state index contributed by atoms with van der Waals surface area (Å²) in [5.41, 5.74) is 4.78. The maximum atomic E-state index is 6.24. The van der Waals surface area contributed by atoms with Crippen molar-refractivity contribution in [1.29, 1.82) is 0 Å². The molecule has 2 aromatic rings. The number of aryl methyl sites for hydroxylation is 2. The second-order valence-electron chi connectivity index (χ2n) is 4.37. The van der Waals surface area contributed by atoms with Crippen molar-refractivity contribution >= 4 is 43.2 Å². The van der Waals surface area contributed by atoms with Crippen LogP contribution in [0.5, 0.6) is 0 Å². The van der Waals surface area contributed by atoms with Crippen molar-refractivity contribution in [1.82, 2.24) is 4.98 Å². The van der Waals surface area contributed by atoms with Crippen LogP contribution in [-0.2, 0) is 13.1 Å². The standard InChI is InChI=1S/C15H15ClN2.2ClH.Fe/c1-10-8-11(2)15(13(16)9-10)18-12(3)14-6-4-5-7-17-14;;;/h4-9H,1-3H3;2*1H;/q;;;+2/p-2. The fraction of sp³-hybridized carbons (Fsp3) is 0.200. The first-order chi connectivity index (χ1) is 9.99. The van der Waals surface area contributed by atoms with Crippen LogP contribution in [0.15, 0.2) is 41.5 Å². The molecule has 0 saturated carbocycles. The van der Waals surface area contributed by atoms with E-state index in [0.717, 1.165) is 28.2 Å². The van der Waals surface area contributed by atoms with Crippen molar-refractivity contribution in [3.63, 3.8) is 0 Å². The predicted molar refractivity (Wildman–Crippen MR) is 88.7 cm³/mol. The van der Waals surface area contributed by atoms with E-state index in [1.54, 1.807) is 6.20 Å². The van der Waals surface area contributed by atoms with Crippen LogP contribution in [0.1, 0.15) is 23.7 Å². The summed E-state index contributed by atoms with van der Waals surface area (Å²) >= 11 is 6.43. The van der Waals surface area contributed by atoms with Gasteiger partial charge in [-0.05, 0) is 50.1 Å². The first kappa shape index (κ1) is 18.5. The van der Waals surface area contributed by atoms with Crippen molar-refractivity contribution in [2.24, 2.45) is 4.99 Å². The van der Waals surface area contributed by atoms with Gasteiger partial charge >= 0.3 is 33.3 Å². The van der Waals surface area contributed by atoms with Gasteiger partial charge in [0.15, 0.2) is 0 Å². The van der Waals surface area contributed by atoms with Gasteiger partial charge in [-0.3, -0.25) is 4.98 Å². The molecule has 0 aliphatic heterocycles. The topological polar surface area (TPSA) is 25.2 Å². The van der Waals surface area contributed by atoms with Gasteiger partial charge in [0.1, 0.15) is 0 Å². The molecule has 0 atom stereocenters. The number of nitrogens with zero attached hydrogens (tertiary/aromatic N) is 2. The van der Waals surface area contributed by atoms with E-state index in [1.165, 1.54) is 0 Å². The predicted octanol–water partition coefficient (Wildman–Crippen LogP) is 5.87. The van der Waals surface area contributed by atoms with Crippen LogP contribution in [0.25, 0.3) is 0 Å². The van der Waals surface area contributed by atoms with Gasteiger partial charge in [-0.2, -0.15) is 0 Å². The molecule has 2 rings (SSSR count). The number of hydrogen-bond donors (Lipinski definition) is 0. The molecule has 0 spiro atoms. The van der Waals surface area contributed by atoms with Crippen LogP contribution >= 0.6 is 31.8 Å². The van der Waals surface area contributed by atoms with Crippen molar-refractivity contribution in [3.8, 4) is 0 Å². The van der Waals surface area contributed by atoms with E-state index in [9.17, 15) is 0 Å². The number of hydrogen-bond acceptors (Lipinski definition) is 2. The zero-order valence-electron chi connectivity index (χ0n) is 11.8. The minimum absolute atomic E-state index is 0.194. The molecule has 0 aliphatic rings. The summed E-state index contributed by atoms with van der Waals surface area (Å²) in [5, 5.41) is 0.683. The van der Waals surface area contributed by atoms with E-state index >= 15 is 0 Å². The molecular weight excluding hydrogens is 370 g/mol. The zero-order chi connectivity index (χ0) is 15.8. The third-order valence-electron chi connectivity index (χ3n) is 2.71. The monoisotopic (exact) mass is 384 g/mol. The van der Waals surface area contributed by atoms with Gasteiger partial charge in [-0.1, -0.05) is 23.7 Å². The van der Waals surface area contributed by atoms with E-state index < -0.39 is 0 Å². The Morgan fingerprint density at radius 2 is 1.86 bits per heavy atom. The van der Waals surface area contributed by atoms with Crippen molar-refractivity contribution in [3.05, 3.63) is 58.4 Å². The summed E-state index contributed by atoms with van der Waals surface area (Å²) in [6.07, 6.45) is 1.76. The van der Waals surface area contributed by atoms with E-state index in [-0.39, 0.29) is 13.1 Å². The van der Waals surface area contributed by atoms with Gasteiger partial charge in [0.05, 0.1) is 22.1 Å². The number of benzene rings is 1. The SMILES string of the molecule is CC(=Nc1c(C)cc(C)cc1Cl)c1ccccn1.[Cl][Fe][Cl]. The number of aromatic nitrogens is 1. The van der Waals surface area contributed by atoms with Crippen LogP contribution in [0.3, 0.4) is 0 Å². The Kier molecular flexibility index (Phi) is 8.31. The average molecular weight is 386 g/mol. The Hall–Kier alpha value is -0.571. The van der Waals surface area contributed by atoms with E-state index in [2.05, 4.69) is 16.0 Å². The zero-order valence-corrected chi connectivity index (χ0v) is 15.2. The molecule has 0 unspecified atom stereocenters. The molecule has 0 bridgehead atoms. The molecule has 2 nitrogen and oxygen atoms in total. The third kappa shape index (κ3) is 5.98. The molecule has 21 heavy (non-hydrogen) atoms. The van der Waals surface area contributed by atoms with Gasteiger partial charge in [0.25, 0.3) is 0 Å². The van der Waals surface area contributed by atoms with Crippen LogP contribution in [0.4, 0.5) is 5.69 Å². The molecule has 0 saturated heterocycles. The van der Waals surface area contributed by atoms with E-state index in [0.29, 0.717) is 5.02 Å². The first-order valence-corrected chi connectivity index (χ1v) is 9.50. The fourth-order valence-electron chi connectivity index (χ4n) is 1.85. The van der Waals surface area contributed by atoms with Crippen LogP contribution in [-0.4, -0.2) is 10.7 Å². The van der Waals surface area contributed by atoms with Gasteiger partial charge in [0, 0.05) is 6.20 Å². The summed E-state index contributed by atoms with van der Waals surface area (Å²) in [6, 6.07) is 9.79. The summed E-state index contributed by atoms with van der Waals surface area (Å²) in [6.45, 7) is 5.99. The quantitative estimate of drug-likeness (QED) is 0.469. The average Bonchev–Trinajstić information content (AvgIpc) is 2.44. The number of rotatable bonds is 2. The summed E-state index contributed by atoms with van der Waals surface area (Å²) in [4.78, 5) is 8.87. The number of pyridine rings is 1. The normalized spacial score (nSPS) is 11.0. The third-order valence-corrected chi connectivity index (χ3v) is 3.00. The van der Waals surface area contributed by atoms with Crippen LogP contribution in [0, 0.1) is 13.8 Å². The summed E-state index contributed by atoms with van der Waals surface area (Å²) < 4.78 is 0. The Morgan fingerprint density at radius 3 is 2.38 bits per heavy atom. The second kappa shape index (κ2) is 9.45. The summed E-state index contributed by atoms with van der Waals surface area (Å²) in [5.74, 6) is 0. The Bertz CT molecular complexity index is 593. The number of aliphatic imine (C=N–C) groups is 1. The molecule has 6 heteroatoms. The molecular formula is C15H15Cl3FeN2. The fourth-order valence-corrected chi connectivity index (χ4v) is 2.21. The summed E-state index contributed by atoms with van der Waals surface area (Å²) in [7, 11) is 9.53.